The molecule has 0 radical (unpaired) electrons. The first-order chi connectivity index (χ1) is 9.07. The Balaban J connectivity index is 3.39. The molecule has 0 aromatic carbocycles. The number of amides is 1. The number of aliphatic carboxylic acids is 1. The number of nitrogens with one attached hydrogen (secondary N) is 1. The van der Waals surface area contributed by atoms with Crippen molar-refractivity contribution in [1.29, 1.82) is 0 Å². The van der Waals surface area contributed by atoms with Gasteiger partial charge >= 0.3 is 5.97 Å². The molecule has 1 amide bonds. The van der Waals surface area contributed by atoms with E-state index < -0.39 is 5.97 Å². The summed E-state index contributed by atoms with van der Waals surface area (Å²) >= 11 is 0. The van der Waals surface area contributed by atoms with Crippen molar-refractivity contribution in [2.45, 2.75) is 51.4 Å². The van der Waals surface area contributed by atoms with Crippen LogP contribution in [0.4, 0.5) is 0 Å². The summed E-state index contributed by atoms with van der Waals surface area (Å²) < 4.78 is 0. The fourth-order valence-corrected chi connectivity index (χ4v) is 1.89. The third-order valence-electron chi connectivity index (χ3n) is 3.13. The summed E-state index contributed by atoms with van der Waals surface area (Å²) in [6.45, 7) is 1.68. The normalized spacial score (nSPS) is 10.4. The predicted molar refractivity (Wildman–Crippen MR) is 76.1 cm³/mol. The van der Waals surface area contributed by atoms with E-state index in [9.17, 15) is 9.59 Å². The summed E-state index contributed by atoms with van der Waals surface area (Å²) in [5, 5.41) is 11.5. The highest BCUT2D eigenvalue weighted by Crippen LogP contribution is 2.06. The number of carbonyl (C=O) groups is 2. The zero-order chi connectivity index (χ0) is 14.5. The van der Waals surface area contributed by atoms with Crippen LogP contribution in [-0.4, -0.2) is 49.1 Å². The summed E-state index contributed by atoms with van der Waals surface area (Å²) in [7, 11) is 3.74. The number of rotatable bonds is 12. The maximum Gasteiger partial charge on any atom is 0.303 e. The SMILES string of the molecule is CNCCCC(=O)N(C)CCCCCCCC(=O)O. The van der Waals surface area contributed by atoms with E-state index in [1.165, 1.54) is 0 Å². The second kappa shape index (κ2) is 12.0. The van der Waals surface area contributed by atoms with Crippen molar-refractivity contribution in [3.8, 4) is 0 Å². The second-order valence-electron chi connectivity index (χ2n) is 4.93. The van der Waals surface area contributed by atoms with Gasteiger partial charge in [0.15, 0.2) is 0 Å². The van der Waals surface area contributed by atoms with Crippen molar-refractivity contribution >= 4 is 11.9 Å². The molecular weight excluding hydrogens is 244 g/mol. The summed E-state index contributed by atoms with van der Waals surface area (Å²) in [6.07, 6.45) is 6.60. The maximum atomic E-state index is 11.7. The maximum absolute atomic E-state index is 11.7. The zero-order valence-corrected chi connectivity index (χ0v) is 12.3. The monoisotopic (exact) mass is 272 g/mol. The van der Waals surface area contributed by atoms with Gasteiger partial charge in [0.1, 0.15) is 0 Å². The standard InChI is InChI=1S/C14H28N2O3/c1-15-11-8-9-13(17)16(2)12-7-5-3-4-6-10-14(18)19/h15H,3-12H2,1-2H3,(H,18,19). The first-order valence-electron chi connectivity index (χ1n) is 7.18. The molecule has 0 aliphatic rings. The number of nitrogens with zero attached hydrogens (tertiary/aromatic N) is 1. The molecule has 19 heavy (non-hydrogen) atoms. The Morgan fingerprint density at radius 3 is 2.26 bits per heavy atom. The molecule has 0 aliphatic heterocycles. The van der Waals surface area contributed by atoms with E-state index in [1.54, 1.807) is 4.90 Å². The Kier molecular flexibility index (Phi) is 11.3. The van der Waals surface area contributed by atoms with Gasteiger partial charge in [0, 0.05) is 26.4 Å². The van der Waals surface area contributed by atoms with E-state index in [-0.39, 0.29) is 12.3 Å². The van der Waals surface area contributed by atoms with Gasteiger partial charge in [-0.3, -0.25) is 9.59 Å². The first kappa shape index (κ1) is 17.9. The molecule has 5 nitrogen and oxygen atoms in total. The zero-order valence-electron chi connectivity index (χ0n) is 12.3. The molecule has 0 saturated heterocycles. The van der Waals surface area contributed by atoms with Crippen LogP contribution in [0, 0.1) is 0 Å². The highest BCUT2D eigenvalue weighted by atomic mass is 16.4. The molecule has 0 aliphatic carbocycles. The van der Waals surface area contributed by atoms with E-state index in [4.69, 9.17) is 5.11 Å². The summed E-state index contributed by atoms with van der Waals surface area (Å²) in [5.74, 6) is -0.506. The lowest BCUT2D eigenvalue weighted by atomic mass is 10.1. The quantitative estimate of drug-likeness (QED) is 0.532. The minimum Gasteiger partial charge on any atom is -0.481 e. The predicted octanol–water partition coefficient (Wildman–Crippen LogP) is 1.87. The third kappa shape index (κ3) is 11.7. The summed E-state index contributed by atoms with van der Waals surface area (Å²) in [4.78, 5) is 23.8. The van der Waals surface area contributed by atoms with E-state index in [0.717, 1.165) is 51.6 Å². The molecule has 0 aromatic heterocycles. The Morgan fingerprint density at radius 2 is 1.63 bits per heavy atom. The second-order valence-corrected chi connectivity index (χ2v) is 4.93. The van der Waals surface area contributed by atoms with Gasteiger partial charge in [-0.05, 0) is 32.9 Å². The highest BCUT2D eigenvalue weighted by molar-refractivity contribution is 5.75. The average molecular weight is 272 g/mol. The minimum atomic E-state index is -0.716. The van der Waals surface area contributed by atoms with E-state index in [2.05, 4.69) is 5.32 Å². The van der Waals surface area contributed by atoms with Crippen molar-refractivity contribution in [1.82, 2.24) is 10.2 Å². The van der Waals surface area contributed by atoms with Crippen LogP contribution in [0.2, 0.25) is 0 Å². The molecule has 0 aromatic rings. The Morgan fingerprint density at radius 1 is 1.00 bits per heavy atom. The molecule has 2 N–H and O–H groups in total. The summed E-state index contributed by atoms with van der Waals surface area (Å²) in [5.41, 5.74) is 0. The van der Waals surface area contributed by atoms with Crippen LogP contribution >= 0.6 is 0 Å². The number of carbonyl (C=O) groups excluding carboxylic acids is 1. The largest absolute Gasteiger partial charge is 0.481 e. The van der Waals surface area contributed by atoms with Crippen LogP contribution < -0.4 is 5.32 Å². The van der Waals surface area contributed by atoms with Gasteiger partial charge < -0.3 is 15.3 Å². The van der Waals surface area contributed by atoms with Crippen molar-refractivity contribution in [3.63, 3.8) is 0 Å². The van der Waals surface area contributed by atoms with Crippen LogP contribution in [0.25, 0.3) is 0 Å². The van der Waals surface area contributed by atoms with Gasteiger partial charge in [0.2, 0.25) is 5.91 Å². The Labute approximate surface area is 116 Å². The van der Waals surface area contributed by atoms with Gasteiger partial charge in [0.25, 0.3) is 0 Å². The summed E-state index contributed by atoms with van der Waals surface area (Å²) in [6, 6.07) is 0. The van der Waals surface area contributed by atoms with Gasteiger partial charge in [-0.25, -0.2) is 0 Å². The smallest absolute Gasteiger partial charge is 0.303 e. The van der Waals surface area contributed by atoms with Gasteiger partial charge in [-0.2, -0.15) is 0 Å². The van der Waals surface area contributed by atoms with Gasteiger partial charge in [0.05, 0.1) is 0 Å². The Hall–Kier alpha value is -1.10. The fourth-order valence-electron chi connectivity index (χ4n) is 1.89. The molecule has 0 saturated carbocycles. The average Bonchev–Trinajstić information content (AvgIpc) is 2.37. The molecule has 0 fully saturated rings. The number of hydrogen-bond acceptors (Lipinski definition) is 3. The molecule has 0 rings (SSSR count). The lowest BCUT2D eigenvalue weighted by molar-refractivity contribution is -0.137. The highest BCUT2D eigenvalue weighted by Gasteiger charge is 2.07. The molecule has 0 unspecified atom stereocenters. The fraction of sp³-hybridized carbons (Fsp3) is 0.857. The lowest BCUT2D eigenvalue weighted by Gasteiger charge is -2.17. The van der Waals surface area contributed by atoms with Crippen molar-refractivity contribution in [2.24, 2.45) is 0 Å². The minimum absolute atomic E-state index is 0.209. The Bertz CT molecular complexity index is 257. The molecule has 112 valence electrons. The van der Waals surface area contributed by atoms with Crippen LogP contribution in [-0.2, 0) is 9.59 Å². The van der Waals surface area contributed by atoms with Crippen LogP contribution in [0.1, 0.15) is 51.4 Å². The van der Waals surface area contributed by atoms with E-state index in [0.29, 0.717) is 6.42 Å². The lowest BCUT2D eigenvalue weighted by Crippen LogP contribution is -2.28. The molecule has 0 atom stereocenters. The van der Waals surface area contributed by atoms with E-state index >= 15 is 0 Å². The molecule has 5 heteroatoms. The van der Waals surface area contributed by atoms with Crippen molar-refractivity contribution < 1.29 is 14.7 Å². The molecule has 0 bridgehead atoms. The van der Waals surface area contributed by atoms with Gasteiger partial charge in [-0.1, -0.05) is 19.3 Å². The van der Waals surface area contributed by atoms with E-state index in [1.807, 2.05) is 14.1 Å². The van der Waals surface area contributed by atoms with Crippen molar-refractivity contribution in [3.05, 3.63) is 0 Å². The number of hydrogen-bond donors (Lipinski definition) is 2. The molecule has 0 spiro atoms. The topological polar surface area (TPSA) is 69.6 Å². The van der Waals surface area contributed by atoms with Crippen LogP contribution in [0.5, 0.6) is 0 Å². The third-order valence-corrected chi connectivity index (χ3v) is 3.13. The van der Waals surface area contributed by atoms with Crippen LogP contribution in [0.15, 0.2) is 0 Å². The number of carboxylic acids is 1. The first-order valence-corrected chi connectivity index (χ1v) is 7.18. The number of carboxylic acid groups (broad SMARTS) is 1. The molecular formula is C14H28N2O3. The van der Waals surface area contributed by atoms with Gasteiger partial charge in [-0.15, -0.1) is 0 Å². The van der Waals surface area contributed by atoms with Crippen molar-refractivity contribution in [2.75, 3.05) is 27.2 Å². The number of unbranched alkanes of at least 4 members (excludes halogenated alkanes) is 4. The van der Waals surface area contributed by atoms with Crippen LogP contribution in [0.3, 0.4) is 0 Å². The molecule has 0 heterocycles.